The molecule has 2 aromatic heterocycles. The lowest BCUT2D eigenvalue weighted by Gasteiger charge is -1.93. The van der Waals surface area contributed by atoms with Crippen molar-refractivity contribution in [3.05, 3.63) is 28.9 Å². The summed E-state index contributed by atoms with van der Waals surface area (Å²) in [4.78, 5) is 25.6. The zero-order valence-corrected chi connectivity index (χ0v) is 7.75. The van der Waals surface area contributed by atoms with Crippen LogP contribution in [0.1, 0.15) is 20.0 Å². The van der Waals surface area contributed by atoms with Crippen molar-refractivity contribution in [2.45, 2.75) is 0 Å². The van der Waals surface area contributed by atoms with Crippen molar-refractivity contribution in [3.63, 3.8) is 0 Å². The monoisotopic (exact) mass is 207 g/mol. The SMILES string of the molecule is O=Cc1cc2c(C(=O)O)cncc2s1. The number of carboxylic acids is 1. The van der Waals surface area contributed by atoms with Gasteiger partial charge in [0.1, 0.15) is 0 Å². The molecule has 0 unspecified atom stereocenters. The molecule has 70 valence electrons. The standard InChI is InChI=1S/C9H5NO3S/c11-4-5-1-6-7(9(12)13)2-10-3-8(6)14-5/h1-4H,(H,12,13). The first-order valence-electron chi connectivity index (χ1n) is 3.78. The van der Waals surface area contributed by atoms with Gasteiger partial charge in [0.2, 0.25) is 0 Å². The van der Waals surface area contributed by atoms with E-state index in [2.05, 4.69) is 4.98 Å². The fraction of sp³-hybridized carbons (Fsp3) is 0. The molecule has 0 saturated heterocycles. The Morgan fingerprint density at radius 1 is 1.50 bits per heavy atom. The van der Waals surface area contributed by atoms with Crippen LogP contribution in [0.25, 0.3) is 10.1 Å². The highest BCUT2D eigenvalue weighted by molar-refractivity contribution is 7.20. The Hall–Kier alpha value is -1.75. The van der Waals surface area contributed by atoms with E-state index >= 15 is 0 Å². The van der Waals surface area contributed by atoms with Gasteiger partial charge in [-0.1, -0.05) is 0 Å². The predicted octanol–water partition coefficient (Wildman–Crippen LogP) is 1.81. The number of hydrogen-bond acceptors (Lipinski definition) is 4. The highest BCUT2D eigenvalue weighted by Crippen LogP contribution is 2.26. The molecule has 0 aliphatic rings. The fourth-order valence-corrected chi connectivity index (χ4v) is 2.08. The Labute approximate surface area is 82.8 Å². The molecule has 14 heavy (non-hydrogen) atoms. The average Bonchev–Trinajstić information content (AvgIpc) is 2.59. The lowest BCUT2D eigenvalue weighted by molar-refractivity contribution is 0.0698. The van der Waals surface area contributed by atoms with Gasteiger partial charge < -0.3 is 5.11 Å². The summed E-state index contributed by atoms with van der Waals surface area (Å²) in [5.41, 5.74) is 0.131. The molecule has 0 fully saturated rings. The van der Waals surface area contributed by atoms with E-state index in [4.69, 9.17) is 5.11 Å². The Bertz CT molecular complexity index is 518. The molecule has 0 atom stereocenters. The number of hydrogen-bond donors (Lipinski definition) is 1. The van der Waals surface area contributed by atoms with Crippen molar-refractivity contribution in [2.24, 2.45) is 0 Å². The second kappa shape index (κ2) is 3.19. The molecular weight excluding hydrogens is 202 g/mol. The lowest BCUT2D eigenvalue weighted by atomic mass is 10.2. The number of rotatable bonds is 2. The number of carboxylic acid groups (broad SMARTS) is 1. The fourth-order valence-electron chi connectivity index (χ4n) is 1.21. The van der Waals surface area contributed by atoms with E-state index in [0.29, 0.717) is 21.2 Å². The number of aromatic carboxylic acids is 1. The summed E-state index contributed by atoms with van der Waals surface area (Å²) in [5.74, 6) is -1.03. The maximum atomic E-state index is 10.8. The Kier molecular flexibility index (Phi) is 2.01. The predicted molar refractivity (Wildman–Crippen MR) is 52.0 cm³/mol. The summed E-state index contributed by atoms with van der Waals surface area (Å²) in [5, 5.41) is 9.41. The minimum absolute atomic E-state index is 0.131. The zero-order chi connectivity index (χ0) is 10.1. The highest BCUT2D eigenvalue weighted by atomic mass is 32.1. The normalized spacial score (nSPS) is 10.3. The molecule has 0 aromatic carbocycles. The quantitative estimate of drug-likeness (QED) is 0.762. The van der Waals surface area contributed by atoms with Crippen LogP contribution in [0.4, 0.5) is 0 Å². The highest BCUT2D eigenvalue weighted by Gasteiger charge is 2.11. The summed E-state index contributed by atoms with van der Waals surface area (Å²) in [6.45, 7) is 0. The van der Waals surface area contributed by atoms with Gasteiger partial charge in [0.05, 0.1) is 15.1 Å². The van der Waals surface area contributed by atoms with Gasteiger partial charge in [-0.3, -0.25) is 9.78 Å². The lowest BCUT2D eigenvalue weighted by Crippen LogP contribution is -1.96. The molecule has 4 nitrogen and oxygen atoms in total. The Morgan fingerprint density at radius 3 is 2.93 bits per heavy atom. The van der Waals surface area contributed by atoms with E-state index < -0.39 is 5.97 Å². The molecule has 0 aliphatic heterocycles. The number of carbonyl (C=O) groups is 2. The molecule has 0 radical (unpaired) electrons. The number of carbonyl (C=O) groups excluding carboxylic acids is 1. The summed E-state index contributed by atoms with van der Waals surface area (Å²) in [7, 11) is 0. The third-order valence-corrected chi connectivity index (χ3v) is 2.81. The second-order valence-corrected chi connectivity index (χ2v) is 3.79. The average molecular weight is 207 g/mol. The van der Waals surface area contributed by atoms with Crippen LogP contribution < -0.4 is 0 Å². The molecule has 1 N–H and O–H groups in total. The van der Waals surface area contributed by atoms with Crippen molar-refractivity contribution in [1.82, 2.24) is 4.98 Å². The summed E-state index contributed by atoms with van der Waals surface area (Å²) in [6, 6.07) is 1.57. The minimum Gasteiger partial charge on any atom is -0.478 e. The number of pyridine rings is 1. The van der Waals surface area contributed by atoms with E-state index in [0.717, 1.165) is 0 Å². The second-order valence-electron chi connectivity index (χ2n) is 2.67. The van der Waals surface area contributed by atoms with Crippen molar-refractivity contribution >= 4 is 33.7 Å². The maximum Gasteiger partial charge on any atom is 0.337 e. The van der Waals surface area contributed by atoms with Crippen LogP contribution in [-0.2, 0) is 0 Å². The zero-order valence-electron chi connectivity index (χ0n) is 6.93. The van der Waals surface area contributed by atoms with Gasteiger partial charge in [0.15, 0.2) is 6.29 Å². The van der Waals surface area contributed by atoms with Crippen LogP contribution in [0, 0.1) is 0 Å². The molecule has 0 bridgehead atoms. The van der Waals surface area contributed by atoms with Gasteiger partial charge in [-0.25, -0.2) is 4.79 Å². The number of aldehydes is 1. The molecule has 0 aliphatic carbocycles. The maximum absolute atomic E-state index is 10.8. The molecule has 5 heteroatoms. The molecule has 2 rings (SSSR count). The first kappa shape index (κ1) is 8.83. The number of fused-ring (bicyclic) bond motifs is 1. The van der Waals surface area contributed by atoms with Crippen LogP contribution in [-0.4, -0.2) is 22.3 Å². The largest absolute Gasteiger partial charge is 0.478 e. The molecule has 0 spiro atoms. The summed E-state index contributed by atoms with van der Waals surface area (Å²) in [6.07, 6.45) is 3.54. The third-order valence-electron chi connectivity index (χ3n) is 1.81. The first-order chi connectivity index (χ1) is 6.72. The smallest absolute Gasteiger partial charge is 0.337 e. The van der Waals surface area contributed by atoms with E-state index in [1.165, 1.54) is 17.5 Å². The molecule has 0 amide bonds. The van der Waals surface area contributed by atoms with Gasteiger partial charge in [0, 0.05) is 17.8 Å². The van der Waals surface area contributed by atoms with Crippen LogP contribution >= 0.6 is 11.3 Å². The molecule has 0 saturated carbocycles. The van der Waals surface area contributed by atoms with Crippen molar-refractivity contribution in [3.8, 4) is 0 Å². The van der Waals surface area contributed by atoms with Gasteiger partial charge in [-0.2, -0.15) is 0 Å². The van der Waals surface area contributed by atoms with Gasteiger partial charge in [-0.15, -0.1) is 11.3 Å². The van der Waals surface area contributed by atoms with E-state index in [9.17, 15) is 9.59 Å². The van der Waals surface area contributed by atoms with Crippen molar-refractivity contribution < 1.29 is 14.7 Å². The third kappa shape index (κ3) is 1.27. The van der Waals surface area contributed by atoms with Crippen molar-refractivity contribution in [1.29, 1.82) is 0 Å². The number of thiophene rings is 1. The topological polar surface area (TPSA) is 67.3 Å². The van der Waals surface area contributed by atoms with Gasteiger partial charge >= 0.3 is 5.97 Å². The van der Waals surface area contributed by atoms with Crippen LogP contribution in [0.5, 0.6) is 0 Å². The molecule has 2 heterocycles. The van der Waals surface area contributed by atoms with Crippen LogP contribution in [0.3, 0.4) is 0 Å². The van der Waals surface area contributed by atoms with Crippen LogP contribution in [0.2, 0.25) is 0 Å². The summed E-state index contributed by atoms with van der Waals surface area (Å²) < 4.78 is 0.715. The van der Waals surface area contributed by atoms with Crippen LogP contribution in [0.15, 0.2) is 18.5 Å². The summed E-state index contributed by atoms with van der Waals surface area (Å²) >= 11 is 1.23. The van der Waals surface area contributed by atoms with E-state index in [-0.39, 0.29) is 5.56 Å². The first-order valence-corrected chi connectivity index (χ1v) is 4.60. The van der Waals surface area contributed by atoms with E-state index in [1.807, 2.05) is 0 Å². The molecule has 2 aromatic rings. The Balaban J connectivity index is 2.79. The molecular formula is C9H5NO3S. The Morgan fingerprint density at radius 2 is 2.29 bits per heavy atom. The number of aromatic nitrogens is 1. The minimum atomic E-state index is -1.03. The van der Waals surface area contributed by atoms with Gasteiger partial charge in [-0.05, 0) is 6.07 Å². The number of nitrogens with zero attached hydrogens (tertiary/aromatic N) is 1. The van der Waals surface area contributed by atoms with E-state index in [1.54, 1.807) is 12.3 Å². The van der Waals surface area contributed by atoms with Crippen molar-refractivity contribution in [2.75, 3.05) is 0 Å². The van der Waals surface area contributed by atoms with Gasteiger partial charge in [0.25, 0.3) is 0 Å².